The first-order valence-corrected chi connectivity index (χ1v) is 16.9. The highest BCUT2D eigenvalue weighted by molar-refractivity contribution is 6.28. The first-order chi connectivity index (χ1) is 24.3. The van der Waals surface area contributed by atoms with Gasteiger partial charge in [0.1, 0.15) is 11.2 Å². The number of furan rings is 1. The summed E-state index contributed by atoms with van der Waals surface area (Å²) in [6.45, 7) is 0. The Bertz CT molecular complexity index is 2750. The zero-order valence-electron chi connectivity index (χ0n) is 26.7. The molecule has 228 valence electrons. The molecule has 0 radical (unpaired) electrons. The van der Waals surface area contributed by atoms with Gasteiger partial charge in [-0.3, -0.25) is 0 Å². The highest BCUT2D eigenvalue weighted by atomic mass is 16.3. The number of hydrogen-bond acceptors (Lipinski definition) is 1. The van der Waals surface area contributed by atoms with Gasteiger partial charge in [0.25, 0.3) is 0 Å². The highest BCUT2D eigenvalue weighted by Gasteiger charge is 2.23. The monoisotopic (exact) mass is 622 g/mol. The van der Waals surface area contributed by atoms with E-state index in [1.807, 2.05) is 6.07 Å². The molecule has 9 aromatic carbocycles. The third-order valence-electron chi connectivity index (χ3n) is 10.1. The Morgan fingerprint density at radius 2 is 0.714 bits per heavy atom. The van der Waals surface area contributed by atoms with Gasteiger partial charge in [0, 0.05) is 10.8 Å². The van der Waals surface area contributed by atoms with Crippen molar-refractivity contribution in [3.63, 3.8) is 0 Å². The van der Waals surface area contributed by atoms with E-state index in [2.05, 4.69) is 176 Å². The lowest BCUT2D eigenvalue weighted by molar-refractivity contribution is 0.669. The summed E-state index contributed by atoms with van der Waals surface area (Å²) in [5, 5.41) is 9.64. The van der Waals surface area contributed by atoms with Crippen LogP contribution in [0.1, 0.15) is 0 Å². The molecule has 10 aromatic rings. The van der Waals surface area contributed by atoms with Crippen LogP contribution in [-0.2, 0) is 0 Å². The van der Waals surface area contributed by atoms with Gasteiger partial charge in [0.2, 0.25) is 0 Å². The molecule has 1 heterocycles. The van der Waals surface area contributed by atoms with E-state index in [0.29, 0.717) is 0 Å². The average molecular weight is 623 g/mol. The Kier molecular flexibility index (Phi) is 6.25. The molecule has 10 rings (SSSR count). The minimum atomic E-state index is 0.910. The van der Waals surface area contributed by atoms with Crippen LogP contribution in [0.3, 0.4) is 0 Å². The van der Waals surface area contributed by atoms with Crippen LogP contribution in [0.2, 0.25) is 0 Å². The summed E-state index contributed by atoms with van der Waals surface area (Å²) in [5.41, 5.74) is 11.6. The minimum absolute atomic E-state index is 0.910. The number of para-hydroxylation sites is 1. The fourth-order valence-corrected chi connectivity index (χ4v) is 8.02. The van der Waals surface area contributed by atoms with Gasteiger partial charge in [-0.1, -0.05) is 170 Å². The molecular formula is C48H30O. The zero-order chi connectivity index (χ0) is 32.3. The average Bonchev–Trinajstić information content (AvgIpc) is 3.56. The second-order valence-electron chi connectivity index (χ2n) is 12.7. The SMILES string of the molecule is c1ccc(-c2cccc(-c3ccccc3)c2-c2c3ccccc3c(-c3cc4oc5ccccc5c4c4ccccc34)c3ccccc23)cc1. The molecule has 1 nitrogen and oxygen atoms in total. The molecule has 1 heteroatoms. The van der Waals surface area contributed by atoms with Gasteiger partial charge in [-0.2, -0.15) is 0 Å². The van der Waals surface area contributed by atoms with Crippen molar-refractivity contribution in [2.45, 2.75) is 0 Å². The molecule has 0 bridgehead atoms. The molecule has 1 aromatic heterocycles. The van der Waals surface area contributed by atoms with E-state index in [1.54, 1.807) is 0 Å². The summed E-state index contributed by atoms with van der Waals surface area (Å²) in [4.78, 5) is 0. The van der Waals surface area contributed by atoms with E-state index < -0.39 is 0 Å². The maximum absolute atomic E-state index is 6.57. The lowest BCUT2D eigenvalue weighted by atomic mass is 9.80. The van der Waals surface area contributed by atoms with Crippen molar-refractivity contribution < 1.29 is 4.42 Å². The van der Waals surface area contributed by atoms with Crippen molar-refractivity contribution in [1.29, 1.82) is 0 Å². The normalized spacial score (nSPS) is 11.7. The molecule has 0 saturated heterocycles. The van der Waals surface area contributed by atoms with E-state index in [1.165, 1.54) is 82.2 Å². The van der Waals surface area contributed by atoms with Crippen LogP contribution >= 0.6 is 0 Å². The minimum Gasteiger partial charge on any atom is -0.456 e. The van der Waals surface area contributed by atoms with Crippen molar-refractivity contribution in [3.05, 3.63) is 182 Å². The van der Waals surface area contributed by atoms with Crippen LogP contribution in [0.5, 0.6) is 0 Å². The van der Waals surface area contributed by atoms with Crippen LogP contribution in [0.4, 0.5) is 0 Å². The second-order valence-corrected chi connectivity index (χ2v) is 12.7. The molecule has 49 heavy (non-hydrogen) atoms. The molecule has 0 saturated carbocycles. The Morgan fingerprint density at radius 3 is 1.29 bits per heavy atom. The summed E-state index contributed by atoms with van der Waals surface area (Å²) in [5.74, 6) is 0. The number of hydrogen-bond donors (Lipinski definition) is 0. The summed E-state index contributed by atoms with van der Waals surface area (Å²) >= 11 is 0. The van der Waals surface area contributed by atoms with Gasteiger partial charge >= 0.3 is 0 Å². The zero-order valence-corrected chi connectivity index (χ0v) is 26.7. The fraction of sp³-hybridized carbons (Fsp3) is 0. The number of rotatable bonds is 4. The van der Waals surface area contributed by atoms with Crippen molar-refractivity contribution in [2.24, 2.45) is 0 Å². The molecule has 0 spiro atoms. The largest absolute Gasteiger partial charge is 0.456 e. The predicted octanol–water partition coefficient (Wildman–Crippen LogP) is 13.7. The van der Waals surface area contributed by atoms with Crippen LogP contribution in [-0.4, -0.2) is 0 Å². The highest BCUT2D eigenvalue weighted by Crippen LogP contribution is 2.51. The Morgan fingerprint density at radius 1 is 0.265 bits per heavy atom. The predicted molar refractivity (Wildman–Crippen MR) is 208 cm³/mol. The van der Waals surface area contributed by atoms with Gasteiger partial charge < -0.3 is 4.42 Å². The van der Waals surface area contributed by atoms with Crippen LogP contribution in [0.15, 0.2) is 186 Å². The van der Waals surface area contributed by atoms with Crippen molar-refractivity contribution >= 4 is 54.3 Å². The van der Waals surface area contributed by atoms with E-state index in [9.17, 15) is 0 Å². The summed E-state index contributed by atoms with van der Waals surface area (Å²) in [6.07, 6.45) is 0. The van der Waals surface area contributed by atoms with Gasteiger partial charge in [0.15, 0.2) is 0 Å². The summed E-state index contributed by atoms with van der Waals surface area (Å²) in [7, 11) is 0. The van der Waals surface area contributed by atoms with Crippen molar-refractivity contribution in [3.8, 4) is 44.5 Å². The topological polar surface area (TPSA) is 13.1 Å². The summed E-state index contributed by atoms with van der Waals surface area (Å²) < 4.78 is 6.57. The second kappa shape index (κ2) is 11.1. The Labute approximate surface area is 284 Å². The van der Waals surface area contributed by atoms with E-state index in [4.69, 9.17) is 4.42 Å². The summed E-state index contributed by atoms with van der Waals surface area (Å²) in [6, 6.07) is 65.7. The van der Waals surface area contributed by atoms with Crippen LogP contribution in [0, 0.1) is 0 Å². The maximum Gasteiger partial charge on any atom is 0.136 e. The molecule has 0 atom stereocenters. The van der Waals surface area contributed by atoms with Gasteiger partial charge in [0.05, 0.1) is 0 Å². The van der Waals surface area contributed by atoms with Gasteiger partial charge in [-0.15, -0.1) is 0 Å². The molecule has 0 aliphatic heterocycles. The lowest BCUT2D eigenvalue weighted by Gasteiger charge is -2.23. The molecule has 0 amide bonds. The van der Waals surface area contributed by atoms with Crippen molar-refractivity contribution in [2.75, 3.05) is 0 Å². The number of fused-ring (bicyclic) bond motifs is 7. The van der Waals surface area contributed by atoms with Crippen molar-refractivity contribution in [1.82, 2.24) is 0 Å². The molecule has 0 fully saturated rings. The quantitative estimate of drug-likeness (QED) is 0.178. The fourth-order valence-electron chi connectivity index (χ4n) is 8.02. The third-order valence-corrected chi connectivity index (χ3v) is 10.1. The smallest absolute Gasteiger partial charge is 0.136 e. The van der Waals surface area contributed by atoms with E-state index in [0.717, 1.165) is 16.6 Å². The third kappa shape index (κ3) is 4.26. The molecule has 0 aliphatic rings. The van der Waals surface area contributed by atoms with Crippen LogP contribution in [0.25, 0.3) is 98.8 Å². The lowest BCUT2D eigenvalue weighted by Crippen LogP contribution is -1.95. The molecule has 0 unspecified atom stereocenters. The van der Waals surface area contributed by atoms with Gasteiger partial charge in [-0.05, 0) is 89.0 Å². The van der Waals surface area contributed by atoms with Gasteiger partial charge in [-0.25, -0.2) is 0 Å². The van der Waals surface area contributed by atoms with E-state index in [-0.39, 0.29) is 0 Å². The standard InChI is InChI=1S/C48H30O/c1-3-16-31(17-4-1)33-27-15-28-34(32-18-5-2-6-19-32)47(33)48-39-24-11-9-22-37(39)45(38-23-10-12-25-40(38)48)42-30-44-46(36-21-8-7-20-35(36)42)41-26-13-14-29-43(41)49-44/h1-30H. The molecule has 0 N–H and O–H groups in total. The molecular weight excluding hydrogens is 593 g/mol. The Hall–Kier alpha value is -6.44. The molecule has 0 aliphatic carbocycles. The van der Waals surface area contributed by atoms with E-state index >= 15 is 0 Å². The first kappa shape index (κ1) is 27.7. The van der Waals surface area contributed by atoms with Crippen LogP contribution < -0.4 is 0 Å². The Balaban J connectivity index is 1.38. The maximum atomic E-state index is 6.57. The first-order valence-electron chi connectivity index (χ1n) is 16.9. The number of benzene rings is 9.